The van der Waals surface area contributed by atoms with Crippen LogP contribution in [0.25, 0.3) is 144 Å². The van der Waals surface area contributed by atoms with Crippen molar-refractivity contribution >= 4 is 71.1 Å². The Balaban J connectivity index is 1.15. The van der Waals surface area contributed by atoms with Crippen LogP contribution in [-0.4, -0.2) is 28.7 Å². The summed E-state index contributed by atoms with van der Waals surface area (Å²) in [5.74, 6) is 1.62. The largest absolute Gasteiger partial charge is 0.309 e. The molecule has 8 nitrogen and oxygen atoms in total. The third-order valence-electron chi connectivity index (χ3n) is 15.3. The summed E-state index contributed by atoms with van der Waals surface area (Å²) in [4.78, 5) is 19.9. The molecule has 0 bridgehead atoms. The number of hydrogen-bond donors (Lipinski definition) is 0. The lowest BCUT2D eigenvalue weighted by Crippen LogP contribution is -2.07. The molecular formula is C71H42N8. The minimum Gasteiger partial charge on any atom is -0.309 e. The van der Waals surface area contributed by atoms with Crippen molar-refractivity contribution in [3.05, 3.63) is 272 Å². The molecule has 0 atom stereocenters. The first kappa shape index (κ1) is 45.2. The van der Waals surface area contributed by atoms with Crippen molar-refractivity contribution in [2.75, 3.05) is 0 Å². The van der Waals surface area contributed by atoms with E-state index < -0.39 is 0 Å². The molecule has 0 unspecified atom stereocenters. The number of fused-ring (bicyclic) bond motifs is 9. The van der Waals surface area contributed by atoms with Gasteiger partial charge in [0.05, 0.1) is 68.4 Å². The van der Waals surface area contributed by atoms with E-state index in [4.69, 9.17) is 21.5 Å². The van der Waals surface area contributed by atoms with Crippen molar-refractivity contribution in [2.45, 2.75) is 0 Å². The van der Waals surface area contributed by atoms with E-state index >= 15 is 0 Å². The zero-order valence-corrected chi connectivity index (χ0v) is 42.3. The van der Waals surface area contributed by atoms with E-state index in [1.807, 2.05) is 84.9 Å². The van der Waals surface area contributed by atoms with Gasteiger partial charge in [-0.25, -0.2) is 19.8 Å². The summed E-state index contributed by atoms with van der Waals surface area (Å²) in [5, 5.41) is 16.8. The predicted octanol–water partition coefficient (Wildman–Crippen LogP) is 17.9. The Kier molecular flexibility index (Phi) is 10.5. The molecular weight excluding hydrogens is 965 g/mol. The van der Waals surface area contributed by atoms with E-state index in [1.54, 1.807) is 0 Å². The molecule has 0 N–H and O–H groups in total. The first-order valence-electron chi connectivity index (χ1n) is 26.2. The van der Waals surface area contributed by atoms with E-state index in [0.717, 1.165) is 121 Å². The molecule has 4 aromatic heterocycles. The van der Waals surface area contributed by atoms with Crippen LogP contribution in [0.1, 0.15) is 5.56 Å². The lowest BCUT2D eigenvalue weighted by molar-refractivity contribution is 1.07. The number of hydrogen-bond acceptors (Lipinski definition) is 4. The van der Waals surface area contributed by atoms with Crippen LogP contribution < -0.4 is 0 Å². The van der Waals surface area contributed by atoms with Gasteiger partial charge in [-0.15, -0.1) is 0 Å². The zero-order valence-electron chi connectivity index (χ0n) is 42.3. The summed E-state index contributed by atoms with van der Waals surface area (Å²) < 4.78 is 7.12. The first-order chi connectivity index (χ1) is 39.1. The van der Waals surface area contributed by atoms with Crippen LogP contribution >= 0.6 is 0 Å². The van der Waals surface area contributed by atoms with Crippen molar-refractivity contribution in [2.24, 2.45) is 0 Å². The Labute approximate surface area is 454 Å². The van der Waals surface area contributed by atoms with Gasteiger partial charge in [-0.2, -0.15) is 5.26 Å². The lowest BCUT2D eigenvalue weighted by atomic mass is 9.90. The molecule has 366 valence electrons. The smallest absolute Gasteiger partial charge is 0.188 e. The zero-order chi connectivity index (χ0) is 52.6. The monoisotopic (exact) mass is 1010 g/mol. The van der Waals surface area contributed by atoms with Gasteiger partial charge in [0.15, 0.2) is 23.2 Å². The number of para-hydroxylation sites is 6. The third kappa shape index (κ3) is 7.24. The molecule has 0 radical (unpaired) electrons. The summed E-state index contributed by atoms with van der Waals surface area (Å²) in [6.07, 6.45) is 0. The quantitative estimate of drug-likeness (QED) is 0.142. The Morgan fingerprint density at radius 1 is 0.329 bits per heavy atom. The molecule has 11 aromatic carbocycles. The van der Waals surface area contributed by atoms with Crippen LogP contribution in [0, 0.1) is 17.9 Å². The fourth-order valence-electron chi connectivity index (χ4n) is 11.9. The topological polar surface area (TPSA) is 81.6 Å². The molecule has 0 fully saturated rings. The molecule has 0 aliphatic rings. The Morgan fingerprint density at radius 2 is 0.709 bits per heavy atom. The molecule has 0 saturated carbocycles. The number of nitrogens with zero attached hydrogens (tertiary/aromatic N) is 8. The summed E-state index contributed by atoms with van der Waals surface area (Å²) in [6.45, 7) is 8.17. The van der Waals surface area contributed by atoms with Crippen molar-refractivity contribution < 1.29 is 0 Å². The molecule has 0 aliphatic heterocycles. The summed E-state index contributed by atoms with van der Waals surface area (Å²) in [5.41, 5.74) is 16.2. The standard InChI is InChI=1S/C71H42N8/c1-73-49-37-39-67-57(43-49)56-40-45(44-72)36-38-66(56)79(67)68-58(54-28-12-18-34-64(54)77-60-30-14-8-24-50(60)51-25-9-15-31-61(51)77)41-48(71-75-69(46-20-4-2-5-21-46)74-70(76-71)47-22-6-3-7-23-47)42-59(68)55-29-13-19-35-65(55)78-62-32-16-10-26-52(62)53-27-11-17-33-63(53)78/h2-43H. The summed E-state index contributed by atoms with van der Waals surface area (Å²) >= 11 is 0. The molecule has 0 amide bonds. The second-order valence-electron chi connectivity index (χ2n) is 19.7. The van der Waals surface area contributed by atoms with Gasteiger partial charge in [0.2, 0.25) is 0 Å². The molecule has 79 heavy (non-hydrogen) atoms. The van der Waals surface area contributed by atoms with Crippen LogP contribution in [0.15, 0.2) is 255 Å². The van der Waals surface area contributed by atoms with Crippen LogP contribution in [0.3, 0.4) is 0 Å². The molecule has 0 aliphatic carbocycles. The highest BCUT2D eigenvalue weighted by Gasteiger charge is 2.28. The summed E-state index contributed by atoms with van der Waals surface area (Å²) in [6, 6.07) is 90.7. The van der Waals surface area contributed by atoms with E-state index in [1.165, 1.54) is 0 Å². The highest BCUT2D eigenvalue weighted by molar-refractivity contribution is 6.14. The average Bonchev–Trinajstić information content (AvgIpc) is 4.36. The Hall–Kier alpha value is -11.2. The van der Waals surface area contributed by atoms with E-state index in [-0.39, 0.29) is 0 Å². The molecule has 0 spiro atoms. The first-order valence-corrected chi connectivity index (χ1v) is 26.2. The number of nitriles is 1. The predicted molar refractivity (Wildman–Crippen MR) is 321 cm³/mol. The number of benzene rings is 11. The van der Waals surface area contributed by atoms with Gasteiger partial charge >= 0.3 is 0 Å². The fourth-order valence-corrected chi connectivity index (χ4v) is 11.9. The molecule has 15 aromatic rings. The highest BCUT2D eigenvalue weighted by Crippen LogP contribution is 2.48. The van der Waals surface area contributed by atoms with Crippen molar-refractivity contribution in [1.29, 1.82) is 5.26 Å². The van der Waals surface area contributed by atoms with Crippen LogP contribution in [0.2, 0.25) is 0 Å². The van der Waals surface area contributed by atoms with Crippen molar-refractivity contribution in [3.8, 4) is 79.5 Å². The minimum absolute atomic E-state index is 0.507. The molecule has 8 heteroatoms. The molecule has 0 saturated heterocycles. The Morgan fingerprint density at radius 3 is 1.16 bits per heavy atom. The van der Waals surface area contributed by atoms with Gasteiger partial charge < -0.3 is 13.7 Å². The maximum absolute atomic E-state index is 10.4. The maximum atomic E-state index is 10.4. The van der Waals surface area contributed by atoms with E-state index in [2.05, 4.69) is 194 Å². The minimum atomic E-state index is 0.507. The van der Waals surface area contributed by atoms with Gasteiger partial charge in [-0.3, -0.25) is 0 Å². The lowest BCUT2D eigenvalue weighted by Gasteiger charge is -2.24. The summed E-state index contributed by atoms with van der Waals surface area (Å²) in [7, 11) is 0. The maximum Gasteiger partial charge on any atom is 0.188 e. The number of aromatic nitrogens is 6. The van der Waals surface area contributed by atoms with Gasteiger partial charge in [-0.05, 0) is 84.2 Å². The van der Waals surface area contributed by atoms with Crippen LogP contribution in [0.5, 0.6) is 0 Å². The highest BCUT2D eigenvalue weighted by atomic mass is 15.0. The molecule has 15 rings (SSSR count). The van der Waals surface area contributed by atoms with Crippen LogP contribution in [0.4, 0.5) is 5.69 Å². The van der Waals surface area contributed by atoms with Gasteiger partial charge in [0, 0.05) is 65.9 Å². The second-order valence-corrected chi connectivity index (χ2v) is 19.7. The van der Waals surface area contributed by atoms with Crippen molar-refractivity contribution in [3.63, 3.8) is 0 Å². The Bertz CT molecular complexity index is 4640. The SMILES string of the molecule is [C-]#[N+]c1ccc2c(c1)c1cc(C#N)ccc1n2-c1c(-c2ccccc2-n2c3ccccc3c3ccccc32)cc(-c2nc(-c3ccccc3)nc(-c3ccccc3)n2)cc1-c1ccccc1-n1c2ccccc2c2ccccc21. The van der Waals surface area contributed by atoms with Gasteiger partial charge in [0.25, 0.3) is 0 Å². The second kappa shape index (κ2) is 18.3. The third-order valence-corrected chi connectivity index (χ3v) is 15.3. The van der Waals surface area contributed by atoms with Gasteiger partial charge in [0.1, 0.15) is 0 Å². The van der Waals surface area contributed by atoms with Crippen LogP contribution in [-0.2, 0) is 0 Å². The van der Waals surface area contributed by atoms with Gasteiger partial charge in [-0.1, -0.05) is 176 Å². The van der Waals surface area contributed by atoms with E-state index in [9.17, 15) is 5.26 Å². The van der Waals surface area contributed by atoms with E-state index in [0.29, 0.717) is 28.7 Å². The number of rotatable bonds is 8. The molecule has 4 heterocycles. The average molecular weight is 1010 g/mol. The van der Waals surface area contributed by atoms with Crippen molar-refractivity contribution in [1.82, 2.24) is 28.7 Å². The normalized spacial score (nSPS) is 11.5. The fraction of sp³-hybridized carbons (Fsp3) is 0.